The molecule has 0 atom stereocenters. The number of hydrogen-bond acceptors (Lipinski definition) is 2. The summed E-state index contributed by atoms with van der Waals surface area (Å²) in [7, 11) is 0. The summed E-state index contributed by atoms with van der Waals surface area (Å²) in [4.78, 5) is 26.4. The molecule has 0 radical (unpaired) electrons. The Morgan fingerprint density at radius 3 is 2.55 bits per heavy atom. The van der Waals surface area contributed by atoms with E-state index in [-0.39, 0.29) is 23.8 Å². The first-order valence-electron chi connectivity index (χ1n) is 7.34. The highest BCUT2D eigenvalue weighted by Crippen LogP contribution is 2.45. The Hall–Kier alpha value is -1.84. The van der Waals surface area contributed by atoms with Gasteiger partial charge < -0.3 is 10.2 Å². The zero-order valence-electron chi connectivity index (χ0n) is 11.6. The van der Waals surface area contributed by atoms with Crippen LogP contribution >= 0.6 is 0 Å². The lowest BCUT2D eigenvalue weighted by molar-refractivity contribution is -0.143. The Labute approximate surface area is 119 Å². The molecule has 4 heteroatoms. The standard InChI is InChI=1S/C16H20N2O2/c19-14-12-18(11-5-10-17-14)15(20)16(8-4-9-16)13-6-2-1-3-7-13/h1-3,6-7H,4-5,8-12H2,(H,17,19). The highest BCUT2D eigenvalue weighted by molar-refractivity contribution is 5.92. The lowest BCUT2D eigenvalue weighted by atomic mass is 9.63. The van der Waals surface area contributed by atoms with Crippen molar-refractivity contribution in [2.45, 2.75) is 31.1 Å². The molecule has 0 bridgehead atoms. The number of rotatable bonds is 2. The SMILES string of the molecule is O=C1CN(C(=O)C2(c3ccccc3)CCC2)CCCN1. The van der Waals surface area contributed by atoms with Gasteiger partial charge in [-0.1, -0.05) is 36.8 Å². The van der Waals surface area contributed by atoms with Gasteiger partial charge in [-0.2, -0.15) is 0 Å². The van der Waals surface area contributed by atoms with Crippen LogP contribution in [-0.2, 0) is 15.0 Å². The number of benzene rings is 1. The second-order valence-corrected chi connectivity index (χ2v) is 5.73. The molecule has 2 aliphatic rings. The van der Waals surface area contributed by atoms with E-state index < -0.39 is 0 Å². The molecule has 2 amide bonds. The van der Waals surface area contributed by atoms with Crippen LogP contribution in [0.2, 0.25) is 0 Å². The predicted molar refractivity (Wildman–Crippen MR) is 76.2 cm³/mol. The number of nitrogens with one attached hydrogen (secondary N) is 1. The van der Waals surface area contributed by atoms with E-state index in [0.717, 1.165) is 31.2 Å². The molecule has 1 aromatic carbocycles. The van der Waals surface area contributed by atoms with E-state index in [2.05, 4.69) is 5.32 Å². The fraction of sp³-hybridized carbons (Fsp3) is 0.500. The van der Waals surface area contributed by atoms with Crippen molar-refractivity contribution in [2.24, 2.45) is 0 Å². The summed E-state index contributed by atoms with van der Waals surface area (Å²) in [5.74, 6) is 0.0883. The molecular formula is C16H20N2O2. The molecule has 106 valence electrons. The largest absolute Gasteiger partial charge is 0.354 e. The van der Waals surface area contributed by atoms with E-state index in [1.165, 1.54) is 0 Å². The second-order valence-electron chi connectivity index (χ2n) is 5.73. The smallest absolute Gasteiger partial charge is 0.239 e. The number of nitrogens with zero attached hydrogens (tertiary/aromatic N) is 1. The molecule has 1 saturated heterocycles. The van der Waals surface area contributed by atoms with E-state index in [9.17, 15) is 9.59 Å². The van der Waals surface area contributed by atoms with Crippen molar-refractivity contribution in [3.05, 3.63) is 35.9 Å². The average molecular weight is 272 g/mol. The van der Waals surface area contributed by atoms with Gasteiger partial charge in [0.25, 0.3) is 0 Å². The lowest BCUT2D eigenvalue weighted by Gasteiger charge is -2.43. The van der Waals surface area contributed by atoms with Gasteiger partial charge >= 0.3 is 0 Å². The fourth-order valence-corrected chi connectivity index (χ4v) is 3.20. The van der Waals surface area contributed by atoms with Gasteiger partial charge in [0, 0.05) is 13.1 Å². The number of carbonyl (C=O) groups is 2. The quantitative estimate of drug-likeness (QED) is 0.886. The molecule has 1 saturated carbocycles. The minimum atomic E-state index is -0.383. The summed E-state index contributed by atoms with van der Waals surface area (Å²) >= 11 is 0. The highest BCUT2D eigenvalue weighted by atomic mass is 16.2. The summed E-state index contributed by atoms with van der Waals surface area (Å²) < 4.78 is 0. The molecule has 0 spiro atoms. The topological polar surface area (TPSA) is 49.4 Å². The highest BCUT2D eigenvalue weighted by Gasteiger charge is 2.47. The summed E-state index contributed by atoms with van der Waals surface area (Å²) in [6.07, 6.45) is 3.71. The van der Waals surface area contributed by atoms with Crippen LogP contribution in [0.1, 0.15) is 31.2 Å². The molecule has 0 unspecified atom stereocenters. The van der Waals surface area contributed by atoms with E-state index >= 15 is 0 Å². The van der Waals surface area contributed by atoms with Crippen LogP contribution in [0.15, 0.2) is 30.3 Å². The second kappa shape index (κ2) is 5.27. The van der Waals surface area contributed by atoms with Gasteiger partial charge in [0.2, 0.25) is 11.8 Å². The molecule has 1 aromatic rings. The average Bonchev–Trinajstić information content (AvgIpc) is 2.63. The van der Waals surface area contributed by atoms with Crippen LogP contribution in [-0.4, -0.2) is 36.3 Å². The molecule has 20 heavy (non-hydrogen) atoms. The van der Waals surface area contributed by atoms with Crippen molar-refractivity contribution in [1.29, 1.82) is 0 Å². The van der Waals surface area contributed by atoms with Crippen LogP contribution in [0, 0.1) is 0 Å². The van der Waals surface area contributed by atoms with Gasteiger partial charge in [0.15, 0.2) is 0 Å². The number of amides is 2. The number of hydrogen-bond donors (Lipinski definition) is 1. The molecule has 1 aliphatic heterocycles. The van der Waals surface area contributed by atoms with Gasteiger partial charge in [-0.3, -0.25) is 9.59 Å². The summed E-state index contributed by atoms with van der Waals surface area (Å²) in [6.45, 7) is 1.54. The molecule has 1 aliphatic carbocycles. The zero-order valence-corrected chi connectivity index (χ0v) is 11.6. The maximum absolute atomic E-state index is 12.9. The first-order chi connectivity index (χ1) is 9.72. The monoisotopic (exact) mass is 272 g/mol. The maximum Gasteiger partial charge on any atom is 0.239 e. The minimum absolute atomic E-state index is 0.0432. The molecular weight excluding hydrogens is 252 g/mol. The van der Waals surface area contributed by atoms with Crippen LogP contribution in [0.4, 0.5) is 0 Å². The molecule has 1 heterocycles. The Bertz CT molecular complexity index is 508. The van der Waals surface area contributed by atoms with Gasteiger partial charge in [-0.05, 0) is 24.8 Å². The van der Waals surface area contributed by atoms with Gasteiger partial charge in [0.05, 0.1) is 12.0 Å². The van der Waals surface area contributed by atoms with E-state index in [1.54, 1.807) is 4.90 Å². The van der Waals surface area contributed by atoms with Crippen LogP contribution in [0.5, 0.6) is 0 Å². The van der Waals surface area contributed by atoms with Crippen molar-refractivity contribution in [3.63, 3.8) is 0 Å². The van der Waals surface area contributed by atoms with Gasteiger partial charge in [-0.15, -0.1) is 0 Å². The Morgan fingerprint density at radius 2 is 1.90 bits per heavy atom. The van der Waals surface area contributed by atoms with Crippen molar-refractivity contribution >= 4 is 11.8 Å². The normalized spacial score (nSPS) is 21.6. The Balaban J connectivity index is 1.85. The molecule has 0 aromatic heterocycles. The molecule has 3 rings (SSSR count). The Kier molecular flexibility index (Phi) is 3.47. The van der Waals surface area contributed by atoms with Gasteiger partial charge in [0.1, 0.15) is 0 Å². The summed E-state index contributed by atoms with van der Waals surface area (Å²) in [5.41, 5.74) is 0.715. The third-order valence-electron chi connectivity index (χ3n) is 4.49. The maximum atomic E-state index is 12.9. The van der Waals surface area contributed by atoms with Crippen LogP contribution < -0.4 is 5.32 Å². The number of carbonyl (C=O) groups excluding carboxylic acids is 2. The summed E-state index contributed by atoms with van der Waals surface area (Å²) in [5, 5.41) is 2.82. The Morgan fingerprint density at radius 1 is 1.15 bits per heavy atom. The van der Waals surface area contributed by atoms with Crippen molar-refractivity contribution < 1.29 is 9.59 Å². The van der Waals surface area contributed by atoms with Crippen LogP contribution in [0.3, 0.4) is 0 Å². The molecule has 1 N–H and O–H groups in total. The minimum Gasteiger partial charge on any atom is -0.354 e. The fourth-order valence-electron chi connectivity index (χ4n) is 3.20. The first-order valence-corrected chi connectivity index (χ1v) is 7.34. The van der Waals surface area contributed by atoms with E-state index in [1.807, 2.05) is 30.3 Å². The zero-order chi connectivity index (χ0) is 14.0. The lowest BCUT2D eigenvalue weighted by Crippen LogP contribution is -2.52. The third-order valence-corrected chi connectivity index (χ3v) is 4.49. The molecule has 2 fully saturated rings. The first kappa shape index (κ1) is 13.2. The van der Waals surface area contributed by atoms with E-state index in [0.29, 0.717) is 13.1 Å². The molecule has 4 nitrogen and oxygen atoms in total. The van der Waals surface area contributed by atoms with Crippen molar-refractivity contribution in [3.8, 4) is 0 Å². The van der Waals surface area contributed by atoms with Crippen molar-refractivity contribution in [1.82, 2.24) is 10.2 Å². The van der Waals surface area contributed by atoms with E-state index in [4.69, 9.17) is 0 Å². The summed E-state index contributed by atoms with van der Waals surface area (Å²) in [6, 6.07) is 10.0. The predicted octanol–water partition coefficient (Wildman–Crippen LogP) is 1.46. The third kappa shape index (κ3) is 2.19. The van der Waals surface area contributed by atoms with Crippen molar-refractivity contribution in [2.75, 3.05) is 19.6 Å². The van der Waals surface area contributed by atoms with Gasteiger partial charge in [-0.25, -0.2) is 0 Å². The van der Waals surface area contributed by atoms with Crippen LogP contribution in [0.25, 0.3) is 0 Å².